The van der Waals surface area contributed by atoms with E-state index in [0.29, 0.717) is 13.2 Å². The lowest BCUT2D eigenvalue weighted by Crippen LogP contribution is -2.30. The zero-order valence-electron chi connectivity index (χ0n) is 6.30. The summed E-state index contributed by atoms with van der Waals surface area (Å²) in [6, 6.07) is 0. The van der Waals surface area contributed by atoms with E-state index in [9.17, 15) is 0 Å². The maximum absolute atomic E-state index is 5.15. The number of rotatable bonds is 4. The molecule has 1 saturated heterocycles. The van der Waals surface area contributed by atoms with Crippen LogP contribution < -0.4 is 5.32 Å². The lowest BCUT2D eigenvalue weighted by molar-refractivity contribution is -0.0656. The van der Waals surface area contributed by atoms with Crippen molar-refractivity contribution < 1.29 is 9.47 Å². The van der Waals surface area contributed by atoms with Crippen LogP contribution in [0.2, 0.25) is 0 Å². The van der Waals surface area contributed by atoms with Crippen molar-refractivity contribution in [3.63, 3.8) is 0 Å². The van der Waals surface area contributed by atoms with Gasteiger partial charge in [-0.25, -0.2) is 0 Å². The molecular weight excluding hydrogens is 130 g/mol. The number of nitrogens with one attached hydrogen (secondary N) is 1. The standard InChI is InChI=1S/C7H14NO2/c1-2-3-4-8-7-9-5-6-10-7/h2,7-8H,3-6H2,1H3. The summed E-state index contributed by atoms with van der Waals surface area (Å²) in [5, 5.41) is 3.11. The molecule has 0 saturated carbocycles. The van der Waals surface area contributed by atoms with Crippen molar-refractivity contribution in [1.29, 1.82) is 0 Å². The van der Waals surface area contributed by atoms with Crippen molar-refractivity contribution in [3.8, 4) is 0 Å². The van der Waals surface area contributed by atoms with Gasteiger partial charge >= 0.3 is 0 Å². The van der Waals surface area contributed by atoms with Gasteiger partial charge in [-0.3, -0.25) is 5.32 Å². The summed E-state index contributed by atoms with van der Waals surface area (Å²) in [6.07, 6.45) is 3.02. The van der Waals surface area contributed by atoms with Crippen LogP contribution in [0.1, 0.15) is 13.3 Å². The van der Waals surface area contributed by atoms with Crippen LogP contribution in [-0.4, -0.2) is 26.2 Å². The first-order chi connectivity index (χ1) is 4.93. The molecule has 1 fully saturated rings. The zero-order valence-corrected chi connectivity index (χ0v) is 6.30. The second-order valence-corrected chi connectivity index (χ2v) is 2.22. The minimum absolute atomic E-state index is 0.153. The third kappa shape index (κ3) is 2.64. The van der Waals surface area contributed by atoms with E-state index < -0.39 is 0 Å². The Balaban J connectivity index is 1.91. The largest absolute Gasteiger partial charge is 0.337 e. The quantitative estimate of drug-likeness (QED) is 0.583. The summed E-state index contributed by atoms with van der Waals surface area (Å²) < 4.78 is 10.3. The molecule has 1 radical (unpaired) electrons. The molecule has 0 aromatic rings. The molecule has 59 valence electrons. The fourth-order valence-electron chi connectivity index (χ4n) is 0.822. The van der Waals surface area contributed by atoms with Crippen molar-refractivity contribution in [2.45, 2.75) is 19.8 Å². The molecule has 3 heteroatoms. The molecule has 0 atom stereocenters. The molecule has 0 aromatic heterocycles. The fraction of sp³-hybridized carbons (Fsp3) is 0.857. The minimum Gasteiger partial charge on any atom is -0.337 e. The molecule has 1 aliphatic heterocycles. The zero-order chi connectivity index (χ0) is 7.23. The van der Waals surface area contributed by atoms with Crippen molar-refractivity contribution in [2.24, 2.45) is 0 Å². The molecule has 1 N–H and O–H groups in total. The summed E-state index contributed by atoms with van der Waals surface area (Å²) in [6.45, 7) is 4.40. The molecule has 10 heavy (non-hydrogen) atoms. The summed E-state index contributed by atoms with van der Waals surface area (Å²) >= 11 is 0. The van der Waals surface area contributed by atoms with Crippen LogP contribution in [0.3, 0.4) is 0 Å². The van der Waals surface area contributed by atoms with Crippen LogP contribution >= 0.6 is 0 Å². The summed E-state index contributed by atoms with van der Waals surface area (Å²) in [5.41, 5.74) is 0. The first-order valence-electron chi connectivity index (χ1n) is 3.68. The molecule has 1 aliphatic rings. The van der Waals surface area contributed by atoms with Gasteiger partial charge in [0.15, 0.2) is 0 Å². The highest BCUT2D eigenvalue weighted by Crippen LogP contribution is 1.99. The molecule has 0 aliphatic carbocycles. The molecule has 3 nitrogen and oxygen atoms in total. The third-order valence-corrected chi connectivity index (χ3v) is 1.37. The predicted molar refractivity (Wildman–Crippen MR) is 38.3 cm³/mol. The van der Waals surface area contributed by atoms with Crippen LogP contribution in [-0.2, 0) is 9.47 Å². The highest BCUT2D eigenvalue weighted by atomic mass is 16.7. The van der Waals surface area contributed by atoms with E-state index in [1.54, 1.807) is 0 Å². The van der Waals surface area contributed by atoms with Gasteiger partial charge in [0.1, 0.15) is 0 Å². The maximum atomic E-state index is 5.15. The Bertz CT molecular complexity index is 81.7. The van der Waals surface area contributed by atoms with Crippen molar-refractivity contribution in [2.75, 3.05) is 19.8 Å². The lowest BCUT2D eigenvalue weighted by Gasteiger charge is -2.09. The monoisotopic (exact) mass is 144 g/mol. The molecule has 0 amide bonds. The van der Waals surface area contributed by atoms with E-state index in [-0.39, 0.29) is 6.41 Å². The Morgan fingerprint density at radius 2 is 2.20 bits per heavy atom. The molecule has 0 aromatic carbocycles. The first-order valence-corrected chi connectivity index (χ1v) is 3.68. The average Bonchev–Trinajstić information content (AvgIpc) is 2.41. The highest BCUT2D eigenvalue weighted by Gasteiger charge is 2.13. The van der Waals surface area contributed by atoms with Crippen molar-refractivity contribution in [3.05, 3.63) is 6.42 Å². The van der Waals surface area contributed by atoms with Gasteiger partial charge in [0.05, 0.1) is 13.2 Å². The predicted octanol–water partition coefficient (Wildman–Crippen LogP) is 0.521. The van der Waals surface area contributed by atoms with Gasteiger partial charge in [0.2, 0.25) is 6.41 Å². The maximum Gasteiger partial charge on any atom is 0.216 e. The Morgan fingerprint density at radius 1 is 1.50 bits per heavy atom. The first kappa shape index (κ1) is 7.98. The van der Waals surface area contributed by atoms with Gasteiger partial charge in [-0.15, -0.1) is 0 Å². The number of hydrogen-bond acceptors (Lipinski definition) is 3. The van der Waals surface area contributed by atoms with Crippen molar-refractivity contribution in [1.82, 2.24) is 5.32 Å². The van der Waals surface area contributed by atoms with Crippen LogP contribution in [0.5, 0.6) is 0 Å². The lowest BCUT2D eigenvalue weighted by atomic mass is 10.3. The van der Waals surface area contributed by atoms with E-state index in [1.165, 1.54) is 0 Å². The third-order valence-electron chi connectivity index (χ3n) is 1.37. The minimum atomic E-state index is -0.153. The summed E-state index contributed by atoms with van der Waals surface area (Å²) in [4.78, 5) is 0. The van der Waals surface area contributed by atoms with Gasteiger partial charge in [-0.2, -0.15) is 0 Å². The second-order valence-electron chi connectivity index (χ2n) is 2.22. The summed E-state index contributed by atoms with van der Waals surface area (Å²) in [5.74, 6) is 0. The van der Waals surface area contributed by atoms with Gasteiger partial charge in [0.25, 0.3) is 0 Å². The number of ether oxygens (including phenoxy) is 2. The summed E-state index contributed by atoms with van der Waals surface area (Å²) in [7, 11) is 0. The topological polar surface area (TPSA) is 30.5 Å². The molecule has 0 bridgehead atoms. The number of hydrogen-bond donors (Lipinski definition) is 1. The Morgan fingerprint density at radius 3 is 2.80 bits per heavy atom. The molecule has 1 rings (SSSR count). The van der Waals surface area contributed by atoms with Crippen LogP contribution in [0.15, 0.2) is 0 Å². The normalized spacial score (nSPS) is 20.1. The Hall–Kier alpha value is -0.120. The van der Waals surface area contributed by atoms with Gasteiger partial charge in [0, 0.05) is 6.54 Å². The average molecular weight is 144 g/mol. The smallest absolute Gasteiger partial charge is 0.216 e. The Labute approximate surface area is 61.7 Å². The van der Waals surface area contributed by atoms with Crippen LogP contribution in [0.4, 0.5) is 0 Å². The second kappa shape index (κ2) is 4.66. The highest BCUT2D eigenvalue weighted by molar-refractivity contribution is 4.59. The van der Waals surface area contributed by atoms with Crippen molar-refractivity contribution >= 4 is 0 Å². The fourth-order valence-corrected chi connectivity index (χ4v) is 0.822. The molecule has 1 heterocycles. The molecule has 0 unspecified atom stereocenters. The molecular formula is C7H14NO2. The van der Waals surface area contributed by atoms with E-state index in [4.69, 9.17) is 9.47 Å². The van der Waals surface area contributed by atoms with Crippen LogP contribution in [0, 0.1) is 6.42 Å². The van der Waals surface area contributed by atoms with E-state index in [2.05, 4.69) is 11.7 Å². The van der Waals surface area contributed by atoms with E-state index in [1.807, 2.05) is 6.92 Å². The van der Waals surface area contributed by atoms with E-state index in [0.717, 1.165) is 13.0 Å². The van der Waals surface area contributed by atoms with E-state index >= 15 is 0 Å². The van der Waals surface area contributed by atoms with Gasteiger partial charge < -0.3 is 9.47 Å². The SMILES string of the molecule is C[CH]CCNC1OCCO1. The van der Waals surface area contributed by atoms with Gasteiger partial charge in [-0.05, 0) is 12.8 Å². The Kier molecular flexibility index (Phi) is 3.72. The number of unbranched alkanes of at least 4 members (excludes halogenated alkanes) is 1. The molecule has 0 spiro atoms. The van der Waals surface area contributed by atoms with Crippen LogP contribution in [0.25, 0.3) is 0 Å². The van der Waals surface area contributed by atoms with Gasteiger partial charge in [-0.1, -0.05) is 6.92 Å².